The van der Waals surface area contributed by atoms with Crippen LogP contribution >= 0.6 is 11.3 Å². The second-order valence-corrected chi connectivity index (χ2v) is 7.41. The van der Waals surface area contributed by atoms with Crippen LogP contribution in [0.4, 0.5) is 13.9 Å². The van der Waals surface area contributed by atoms with E-state index in [-0.39, 0.29) is 12.5 Å². The SMILES string of the molecule is CC(C)C(O)c1cc(C(=O)Nc2nccs2)n(Cc2ccc(F)c(F)c2)c1. The summed E-state index contributed by atoms with van der Waals surface area (Å²) >= 11 is 1.28. The summed E-state index contributed by atoms with van der Waals surface area (Å²) in [5.74, 6) is -2.31. The molecule has 0 saturated heterocycles. The first-order chi connectivity index (χ1) is 12.8. The van der Waals surface area contributed by atoms with Gasteiger partial charge in [-0.25, -0.2) is 13.8 Å². The molecule has 1 amide bonds. The molecule has 2 aromatic heterocycles. The zero-order valence-corrected chi connectivity index (χ0v) is 15.6. The van der Waals surface area contributed by atoms with Gasteiger partial charge in [-0.15, -0.1) is 11.3 Å². The van der Waals surface area contributed by atoms with Crippen LogP contribution in [-0.2, 0) is 6.54 Å². The number of anilines is 1. The molecule has 27 heavy (non-hydrogen) atoms. The molecule has 3 rings (SSSR count). The van der Waals surface area contributed by atoms with Gasteiger partial charge in [0.25, 0.3) is 5.91 Å². The van der Waals surface area contributed by atoms with Crippen LogP contribution in [0.25, 0.3) is 0 Å². The Kier molecular flexibility index (Phi) is 5.67. The normalized spacial score (nSPS) is 12.4. The molecule has 2 heterocycles. The molecule has 5 nitrogen and oxygen atoms in total. The van der Waals surface area contributed by atoms with Crippen LogP contribution in [0.3, 0.4) is 0 Å². The first-order valence-electron chi connectivity index (χ1n) is 8.38. The molecule has 8 heteroatoms. The van der Waals surface area contributed by atoms with E-state index in [1.54, 1.807) is 28.4 Å². The highest BCUT2D eigenvalue weighted by atomic mass is 32.1. The van der Waals surface area contributed by atoms with Crippen molar-refractivity contribution in [3.63, 3.8) is 0 Å². The maximum Gasteiger partial charge on any atom is 0.274 e. The van der Waals surface area contributed by atoms with Crippen molar-refractivity contribution in [2.45, 2.75) is 26.5 Å². The highest BCUT2D eigenvalue weighted by Gasteiger charge is 2.20. The van der Waals surface area contributed by atoms with Gasteiger partial charge in [0, 0.05) is 24.3 Å². The molecule has 0 aliphatic rings. The summed E-state index contributed by atoms with van der Waals surface area (Å²) in [6, 6.07) is 5.21. The van der Waals surface area contributed by atoms with Crippen LogP contribution in [0, 0.1) is 17.6 Å². The molecule has 0 spiro atoms. The summed E-state index contributed by atoms with van der Waals surface area (Å²) in [5.41, 5.74) is 1.37. The number of rotatable bonds is 6. The number of carbonyl (C=O) groups excluding carboxylic acids is 1. The lowest BCUT2D eigenvalue weighted by molar-refractivity contribution is 0.101. The van der Waals surface area contributed by atoms with Crippen molar-refractivity contribution in [1.82, 2.24) is 9.55 Å². The predicted molar refractivity (Wildman–Crippen MR) is 99.8 cm³/mol. The fraction of sp³-hybridized carbons (Fsp3) is 0.263. The van der Waals surface area contributed by atoms with E-state index < -0.39 is 23.6 Å². The Morgan fingerprint density at radius 2 is 2.07 bits per heavy atom. The second-order valence-electron chi connectivity index (χ2n) is 6.52. The van der Waals surface area contributed by atoms with Crippen LogP contribution in [0.5, 0.6) is 0 Å². The average Bonchev–Trinajstić information content (AvgIpc) is 3.27. The Morgan fingerprint density at radius 3 is 2.70 bits per heavy atom. The number of aliphatic hydroxyl groups excluding tert-OH is 1. The van der Waals surface area contributed by atoms with E-state index in [4.69, 9.17) is 0 Å². The summed E-state index contributed by atoms with van der Waals surface area (Å²) in [6.45, 7) is 3.89. The maximum atomic E-state index is 13.5. The monoisotopic (exact) mass is 391 g/mol. The number of benzene rings is 1. The van der Waals surface area contributed by atoms with Crippen LogP contribution in [0.2, 0.25) is 0 Å². The molecule has 1 atom stereocenters. The fourth-order valence-corrected chi connectivity index (χ4v) is 3.21. The molecule has 1 aromatic carbocycles. The van der Waals surface area contributed by atoms with E-state index in [9.17, 15) is 18.7 Å². The molecule has 0 bridgehead atoms. The van der Waals surface area contributed by atoms with Gasteiger partial charge < -0.3 is 9.67 Å². The highest BCUT2D eigenvalue weighted by molar-refractivity contribution is 7.13. The van der Waals surface area contributed by atoms with Gasteiger partial charge in [-0.2, -0.15) is 0 Å². The first kappa shape index (κ1) is 19.2. The van der Waals surface area contributed by atoms with Crippen LogP contribution in [0.15, 0.2) is 42.0 Å². The lowest BCUT2D eigenvalue weighted by Crippen LogP contribution is -2.17. The van der Waals surface area contributed by atoms with Crippen molar-refractivity contribution in [3.05, 3.63) is 70.5 Å². The number of aromatic nitrogens is 2. The quantitative estimate of drug-likeness (QED) is 0.661. The van der Waals surface area contributed by atoms with E-state index in [0.29, 0.717) is 22.0 Å². The van der Waals surface area contributed by atoms with Gasteiger partial charge in [0.15, 0.2) is 16.8 Å². The highest BCUT2D eigenvalue weighted by Crippen LogP contribution is 2.25. The minimum absolute atomic E-state index is 0.0426. The predicted octanol–water partition coefficient (Wildman–Crippen LogP) is 4.21. The number of hydrogen-bond donors (Lipinski definition) is 2. The lowest BCUT2D eigenvalue weighted by atomic mass is 10.0. The third-order valence-electron chi connectivity index (χ3n) is 4.11. The summed E-state index contributed by atoms with van der Waals surface area (Å²) in [5, 5.41) is 15.2. The van der Waals surface area contributed by atoms with Crippen molar-refractivity contribution in [1.29, 1.82) is 0 Å². The third kappa shape index (κ3) is 4.40. The number of halogens is 2. The van der Waals surface area contributed by atoms with Crippen molar-refractivity contribution >= 4 is 22.4 Å². The van der Waals surface area contributed by atoms with E-state index in [1.807, 2.05) is 13.8 Å². The summed E-state index contributed by atoms with van der Waals surface area (Å²) in [7, 11) is 0. The number of thiazole rings is 1. The summed E-state index contributed by atoms with van der Waals surface area (Å²) < 4.78 is 28.3. The topological polar surface area (TPSA) is 67.2 Å². The minimum Gasteiger partial charge on any atom is -0.388 e. The Balaban J connectivity index is 1.94. The number of aliphatic hydroxyl groups is 1. The summed E-state index contributed by atoms with van der Waals surface area (Å²) in [6.07, 6.45) is 2.49. The Bertz CT molecular complexity index is 939. The average molecular weight is 391 g/mol. The molecule has 0 fully saturated rings. The van der Waals surface area contributed by atoms with Gasteiger partial charge in [0.1, 0.15) is 5.69 Å². The van der Waals surface area contributed by atoms with Gasteiger partial charge in [-0.3, -0.25) is 10.1 Å². The van der Waals surface area contributed by atoms with Gasteiger partial charge in [-0.05, 0) is 35.2 Å². The zero-order valence-electron chi connectivity index (χ0n) is 14.8. The largest absolute Gasteiger partial charge is 0.388 e. The number of nitrogens with one attached hydrogen (secondary N) is 1. The number of amides is 1. The molecule has 0 radical (unpaired) electrons. The number of hydrogen-bond acceptors (Lipinski definition) is 4. The molecule has 2 N–H and O–H groups in total. The van der Waals surface area contributed by atoms with Crippen molar-refractivity contribution < 1.29 is 18.7 Å². The van der Waals surface area contributed by atoms with Crippen molar-refractivity contribution in [2.75, 3.05) is 5.32 Å². The molecule has 0 saturated carbocycles. The van der Waals surface area contributed by atoms with Gasteiger partial charge >= 0.3 is 0 Å². The molecule has 0 aliphatic heterocycles. The Hall–Kier alpha value is -2.58. The molecule has 142 valence electrons. The number of carbonyl (C=O) groups is 1. The van der Waals surface area contributed by atoms with Gasteiger partial charge in [0.05, 0.1) is 6.10 Å². The van der Waals surface area contributed by atoms with E-state index >= 15 is 0 Å². The summed E-state index contributed by atoms with van der Waals surface area (Å²) in [4.78, 5) is 16.7. The molecular weight excluding hydrogens is 372 g/mol. The maximum absolute atomic E-state index is 13.5. The molecular formula is C19H19F2N3O2S. The second kappa shape index (κ2) is 7.98. The van der Waals surface area contributed by atoms with E-state index in [1.165, 1.54) is 17.4 Å². The smallest absolute Gasteiger partial charge is 0.274 e. The third-order valence-corrected chi connectivity index (χ3v) is 4.80. The van der Waals surface area contributed by atoms with Gasteiger partial charge in [0.2, 0.25) is 0 Å². The van der Waals surface area contributed by atoms with E-state index in [2.05, 4.69) is 10.3 Å². The first-order valence-corrected chi connectivity index (χ1v) is 9.26. The minimum atomic E-state index is -0.948. The fourth-order valence-electron chi connectivity index (χ4n) is 2.68. The lowest BCUT2D eigenvalue weighted by Gasteiger charge is -2.12. The molecule has 3 aromatic rings. The Labute approximate surface area is 159 Å². The number of nitrogens with zero attached hydrogens (tertiary/aromatic N) is 2. The Morgan fingerprint density at radius 1 is 1.30 bits per heavy atom. The van der Waals surface area contributed by atoms with Crippen LogP contribution in [0.1, 0.15) is 41.6 Å². The zero-order chi connectivity index (χ0) is 19.6. The van der Waals surface area contributed by atoms with Crippen molar-refractivity contribution in [3.8, 4) is 0 Å². The van der Waals surface area contributed by atoms with Crippen molar-refractivity contribution in [2.24, 2.45) is 5.92 Å². The molecule has 1 unspecified atom stereocenters. The van der Waals surface area contributed by atoms with E-state index in [0.717, 1.165) is 12.1 Å². The van der Waals surface area contributed by atoms with Gasteiger partial charge in [-0.1, -0.05) is 19.9 Å². The molecule has 0 aliphatic carbocycles. The van der Waals surface area contributed by atoms with Crippen LogP contribution < -0.4 is 5.32 Å². The standard InChI is InChI=1S/C19H19F2N3O2S/c1-11(2)17(25)13-8-16(18(26)23-19-22-5-6-27-19)24(10-13)9-12-3-4-14(20)15(21)7-12/h3-8,10-11,17,25H,9H2,1-2H3,(H,22,23,26). The van der Waals surface area contributed by atoms with Crippen LogP contribution in [-0.4, -0.2) is 20.6 Å².